The van der Waals surface area contributed by atoms with Gasteiger partial charge in [0.05, 0.1) is 19.8 Å². The third kappa shape index (κ3) is 1.89. The quantitative estimate of drug-likeness (QED) is 0.710. The van der Waals surface area contributed by atoms with E-state index in [9.17, 15) is 5.11 Å². The number of aliphatic hydroxyl groups excluding tert-OH is 1. The highest BCUT2D eigenvalue weighted by molar-refractivity contribution is 5.02. The number of aliphatic hydroxyl groups is 1. The van der Waals surface area contributed by atoms with Gasteiger partial charge in [0.2, 0.25) is 0 Å². The summed E-state index contributed by atoms with van der Waals surface area (Å²) >= 11 is 0. The molecule has 0 amide bonds. The molecule has 5 nitrogen and oxygen atoms in total. The third-order valence-corrected chi connectivity index (χ3v) is 2.76. The fourth-order valence-corrected chi connectivity index (χ4v) is 2.18. The van der Waals surface area contributed by atoms with E-state index in [2.05, 4.69) is 6.58 Å². The van der Waals surface area contributed by atoms with E-state index in [1.807, 2.05) is 13.8 Å². The maximum Gasteiger partial charge on any atom is 0.187 e. The van der Waals surface area contributed by atoms with Crippen LogP contribution in [0.1, 0.15) is 13.8 Å². The van der Waals surface area contributed by atoms with Crippen molar-refractivity contribution in [3.05, 3.63) is 12.7 Å². The molecule has 2 saturated heterocycles. The van der Waals surface area contributed by atoms with Gasteiger partial charge >= 0.3 is 0 Å². The maximum absolute atomic E-state index is 9.44. The summed E-state index contributed by atoms with van der Waals surface area (Å²) in [6.07, 6.45) is 0.739. The number of rotatable bonds is 4. The molecule has 1 unspecified atom stereocenters. The van der Waals surface area contributed by atoms with Gasteiger partial charge in [0.15, 0.2) is 12.1 Å². The van der Waals surface area contributed by atoms with Gasteiger partial charge in [-0.2, -0.15) is 0 Å². The molecule has 0 aromatic carbocycles. The summed E-state index contributed by atoms with van der Waals surface area (Å²) in [6, 6.07) is 0. The number of fused-ring (bicyclic) bond motifs is 1. The minimum Gasteiger partial charge on any atom is -0.393 e. The summed E-state index contributed by atoms with van der Waals surface area (Å²) in [5.74, 6) is -0.715. The van der Waals surface area contributed by atoms with Crippen LogP contribution in [0.15, 0.2) is 12.7 Å². The Bertz CT molecular complexity index is 278. The Hall–Kier alpha value is -0.460. The second-order valence-corrected chi connectivity index (χ2v) is 4.56. The second-order valence-electron chi connectivity index (χ2n) is 4.56. The molecule has 3 atom stereocenters. The van der Waals surface area contributed by atoms with Gasteiger partial charge in [-0.05, 0) is 13.8 Å². The first-order valence-electron chi connectivity index (χ1n) is 5.36. The Labute approximate surface area is 94.9 Å². The fraction of sp³-hybridized carbons (Fsp3) is 0.818. The van der Waals surface area contributed by atoms with E-state index in [-0.39, 0.29) is 13.2 Å². The van der Waals surface area contributed by atoms with Gasteiger partial charge in [-0.25, -0.2) is 0 Å². The van der Waals surface area contributed by atoms with Crippen LogP contribution in [0.25, 0.3) is 0 Å². The summed E-state index contributed by atoms with van der Waals surface area (Å²) in [5.41, 5.74) is -0.796. The molecule has 0 saturated carbocycles. The van der Waals surface area contributed by atoms with E-state index in [0.29, 0.717) is 6.61 Å². The van der Waals surface area contributed by atoms with Crippen LogP contribution in [0, 0.1) is 0 Å². The molecule has 0 radical (unpaired) electrons. The van der Waals surface area contributed by atoms with Crippen molar-refractivity contribution in [3.63, 3.8) is 0 Å². The first-order valence-corrected chi connectivity index (χ1v) is 5.36. The van der Waals surface area contributed by atoms with E-state index in [0.717, 1.165) is 0 Å². The highest BCUT2D eigenvalue weighted by Gasteiger charge is 2.61. The van der Waals surface area contributed by atoms with Gasteiger partial charge in [0, 0.05) is 0 Å². The van der Waals surface area contributed by atoms with E-state index < -0.39 is 23.8 Å². The zero-order valence-electron chi connectivity index (χ0n) is 9.64. The number of hydrogen-bond acceptors (Lipinski definition) is 5. The molecular weight excluding hydrogens is 212 g/mol. The molecule has 2 heterocycles. The van der Waals surface area contributed by atoms with E-state index in [4.69, 9.17) is 18.9 Å². The predicted molar refractivity (Wildman–Crippen MR) is 55.7 cm³/mol. The molecule has 1 N–H and O–H groups in total. The van der Waals surface area contributed by atoms with Crippen LogP contribution in [0.5, 0.6) is 0 Å². The minimum absolute atomic E-state index is 0.144. The molecule has 2 rings (SSSR count). The number of ether oxygens (including phenoxy) is 4. The Morgan fingerprint density at radius 1 is 1.56 bits per heavy atom. The smallest absolute Gasteiger partial charge is 0.187 e. The third-order valence-electron chi connectivity index (χ3n) is 2.76. The molecule has 5 heteroatoms. The minimum atomic E-state index is -0.796. The van der Waals surface area contributed by atoms with Crippen LogP contribution in [-0.2, 0) is 18.9 Å². The maximum atomic E-state index is 9.44. The SMILES string of the molecule is C=CCO[C@@H]1OC[C@]2(CO)OC(C)(C)OC12. The van der Waals surface area contributed by atoms with Crippen LogP contribution in [0.4, 0.5) is 0 Å². The molecule has 16 heavy (non-hydrogen) atoms. The predicted octanol–water partition coefficient (Wildman–Crippen LogP) is 0.428. The second kappa shape index (κ2) is 4.09. The highest BCUT2D eigenvalue weighted by Crippen LogP contribution is 2.43. The molecule has 0 spiro atoms. The summed E-state index contributed by atoms with van der Waals surface area (Å²) in [4.78, 5) is 0. The van der Waals surface area contributed by atoms with Crippen molar-refractivity contribution >= 4 is 0 Å². The lowest BCUT2D eigenvalue weighted by Gasteiger charge is -2.23. The Kier molecular flexibility index (Phi) is 3.07. The largest absolute Gasteiger partial charge is 0.393 e. The Balaban J connectivity index is 2.10. The lowest BCUT2D eigenvalue weighted by atomic mass is 10.0. The van der Waals surface area contributed by atoms with Gasteiger partial charge in [-0.15, -0.1) is 6.58 Å². The average molecular weight is 230 g/mol. The zero-order chi connectivity index (χ0) is 11.8. The van der Waals surface area contributed by atoms with Crippen molar-refractivity contribution < 1.29 is 24.1 Å². The Morgan fingerprint density at radius 3 is 2.94 bits per heavy atom. The first kappa shape index (κ1) is 12.0. The van der Waals surface area contributed by atoms with Crippen LogP contribution < -0.4 is 0 Å². The summed E-state index contributed by atoms with van der Waals surface area (Å²) in [5, 5.41) is 9.44. The summed E-state index contributed by atoms with van der Waals surface area (Å²) in [6.45, 7) is 7.71. The standard InChI is InChI=1S/C11H18O5/c1-4-5-13-9-8-11(6-12,7-14-9)16-10(2,3)15-8/h4,8-9,12H,1,5-7H2,2-3H3/t8?,9-,11+/m1/s1. The number of hydrogen-bond donors (Lipinski definition) is 1. The average Bonchev–Trinajstić information content (AvgIpc) is 2.67. The van der Waals surface area contributed by atoms with Gasteiger partial charge in [-0.3, -0.25) is 0 Å². The molecule has 0 aromatic heterocycles. The van der Waals surface area contributed by atoms with Crippen LogP contribution in [0.2, 0.25) is 0 Å². The van der Waals surface area contributed by atoms with Gasteiger partial charge in [0.25, 0.3) is 0 Å². The van der Waals surface area contributed by atoms with Crippen LogP contribution in [-0.4, -0.2) is 48.7 Å². The van der Waals surface area contributed by atoms with Crippen molar-refractivity contribution in [1.82, 2.24) is 0 Å². The lowest BCUT2D eigenvalue weighted by molar-refractivity contribution is -0.224. The first-order chi connectivity index (χ1) is 7.53. The van der Waals surface area contributed by atoms with E-state index in [1.165, 1.54) is 0 Å². The summed E-state index contributed by atoms with van der Waals surface area (Å²) in [7, 11) is 0. The van der Waals surface area contributed by atoms with Crippen molar-refractivity contribution in [1.29, 1.82) is 0 Å². The molecule has 0 aromatic rings. The van der Waals surface area contributed by atoms with Gasteiger partial charge < -0.3 is 24.1 Å². The Morgan fingerprint density at radius 2 is 2.31 bits per heavy atom. The molecule has 0 bridgehead atoms. The van der Waals surface area contributed by atoms with Crippen molar-refractivity contribution in [2.24, 2.45) is 0 Å². The van der Waals surface area contributed by atoms with Crippen LogP contribution >= 0.6 is 0 Å². The monoisotopic (exact) mass is 230 g/mol. The van der Waals surface area contributed by atoms with Gasteiger partial charge in [-0.1, -0.05) is 6.08 Å². The molecular formula is C11H18O5. The van der Waals surface area contributed by atoms with E-state index in [1.54, 1.807) is 6.08 Å². The lowest BCUT2D eigenvalue weighted by Crippen LogP contribution is -2.45. The van der Waals surface area contributed by atoms with E-state index >= 15 is 0 Å². The highest BCUT2D eigenvalue weighted by atomic mass is 16.8. The van der Waals surface area contributed by atoms with Crippen LogP contribution in [0.3, 0.4) is 0 Å². The topological polar surface area (TPSA) is 57.2 Å². The van der Waals surface area contributed by atoms with Crippen molar-refractivity contribution in [2.45, 2.75) is 37.6 Å². The fourth-order valence-electron chi connectivity index (χ4n) is 2.18. The molecule has 2 fully saturated rings. The molecule has 92 valence electrons. The molecule has 2 aliphatic rings. The van der Waals surface area contributed by atoms with Crippen molar-refractivity contribution in [3.8, 4) is 0 Å². The normalized spacial score (nSPS) is 40.9. The van der Waals surface area contributed by atoms with Crippen molar-refractivity contribution in [2.75, 3.05) is 19.8 Å². The molecule has 0 aliphatic carbocycles. The van der Waals surface area contributed by atoms with Gasteiger partial charge in [0.1, 0.15) is 11.7 Å². The summed E-state index contributed by atoms with van der Waals surface area (Å²) < 4.78 is 22.3. The molecule has 2 aliphatic heterocycles. The zero-order valence-corrected chi connectivity index (χ0v) is 9.64.